The number of hydrogen-bond acceptors (Lipinski definition) is 7. The summed E-state index contributed by atoms with van der Waals surface area (Å²) in [5.74, 6) is 0. The normalized spacial score (nSPS) is 12.1. The second-order valence-electron chi connectivity index (χ2n) is 7.54. The monoisotopic (exact) mass is 484 g/mol. The lowest BCUT2D eigenvalue weighted by molar-refractivity contribution is 0.564. The van der Waals surface area contributed by atoms with Crippen molar-refractivity contribution in [3.63, 3.8) is 0 Å². The van der Waals surface area contributed by atoms with Crippen molar-refractivity contribution in [3.8, 4) is 0 Å². The van der Waals surface area contributed by atoms with E-state index in [0.717, 1.165) is 11.1 Å². The Bertz CT molecular complexity index is 1550. The Morgan fingerprint density at radius 2 is 1.21 bits per heavy atom. The number of sulfonamides is 2. The Morgan fingerprint density at radius 3 is 1.70 bits per heavy atom. The molecule has 1 heterocycles. The molecule has 0 unspecified atom stereocenters. The number of fused-ring (bicyclic) bond motifs is 1. The lowest BCUT2D eigenvalue weighted by atomic mass is 10.2. The molecular formula is C23H20N2O6S2. The van der Waals surface area contributed by atoms with Gasteiger partial charge in [-0.1, -0.05) is 35.4 Å². The van der Waals surface area contributed by atoms with E-state index in [-0.39, 0.29) is 32.1 Å². The molecule has 0 radical (unpaired) electrons. The number of aryl methyl sites for hydroxylation is 2. The predicted octanol–water partition coefficient (Wildman–Crippen LogP) is 3.58. The fraction of sp³-hybridized carbons (Fsp3) is 0.0870. The predicted molar refractivity (Wildman–Crippen MR) is 126 cm³/mol. The SMILES string of the molecule is Cc1ccc(S(=O)(=O)N(c2ccc3oc(=O)c(N)cc3c2)S(=O)(=O)c2ccc(C)cc2)cc1. The molecule has 0 aliphatic rings. The molecule has 0 bridgehead atoms. The molecule has 33 heavy (non-hydrogen) atoms. The maximum Gasteiger partial charge on any atom is 0.359 e. The zero-order valence-corrected chi connectivity index (χ0v) is 19.4. The molecule has 8 nitrogen and oxygen atoms in total. The average Bonchev–Trinajstić information content (AvgIpc) is 2.75. The van der Waals surface area contributed by atoms with Gasteiger partial charge in [0.05, 0.1) is 15.5 Å². The van der Waals surface area contributed by atoms with Gasteiger partial charge in [0.15, 0.2) is 0 Å². The molecule has 0 aliphatic carbocycles. The second-order valence-corrected chi connectivity index (χ2v) is 11.3. The molecule has 4 rings (SSSR count). The highest BCUT2D eigenvalue weighted by molar-refractivity contribution is 8.10. The van der Waals surface area contributed by atoms with Crippen LogP contribution in [0.4, 0.5) is 11.4 Å². The van der Waals surface area contributed by atoms with Crippen molar-refractivity contribution in [2.75, 3.05) is 9.44 Å². The standard InChI is InChI=1S/C23H20N2O6S2/c1-15-3-8-19(9-4-15)32(27,28)25(33(29,30)20-10-5-16(2)6-11-20)18-7-12-22-17(13-18)14-21(24)23(26)31-22/h3-14H,24H2,1-2H3. The molecule has 3 aromatic carbocycles. The third-order valence-corrected chi connectivity index (χ3v) is 9.24. The molecule has 0 saturated carbocycles. The molecule has 1 aromatic heterocycles. The quantitative estimate of drug-likeness (QED) is 0.429. The number of nitrogens with zero attached hydrogens (tertiary/aromatic N) is 1. The Labute approximate surface area is 191 Å². The maximum absolute atomic E-state index is 13.6. The van der Waals surface area contributed by atoms with Gasteiger partial charge in [0.25, 0.3) is 20.0 Å². The number of benzene rings is 3. The van der Waals surface area contributed by atoms with Gasteiger partial charge in [-0.3, -0.25) is 0 Å². The molecule has 0 saturated heterocycles. The second kappa shape index (κ2) is 8.05. The number of nitrogen functional groups attached to an aromatic ring is 1. The molecule has 2 N–H and O–H groups in total. The van der Waals surface area contributed by atoms with Crippen LogP contribution in [0.15, 0.2) is 91.8 Å². The van der Waals surface area contributed by atoms with Gasteiger partial charge < -0.3 is 10.2 Å². The number of rotatable bonds is 5. The van der Waals surface area contributed by atoms with Gasteiger partial charge in [0.1, 0.15) is 11.3 Å². The first kappa shape index (κ1) is 22.6. The highest BCUT2D eigenvalue weighted by atomic mass is 32.3. The van der Waals surface area contributed by atoms with Crippen LogP contribution in [0, 0.1) is 13.8 Å². The average molecular weight is 485 g/mol. The summed E-state index contributed by atoms with van der Waals surface area (Å²) >= 11 is 0. The molecule has 0 fully saturated rings. The van der Waals surface area contributed by atoms with E-state index in [4.69, 9.17) is 10.2 Å². The Hall–Kier alpha value is -3.63. The van der Waals surface area contributed by atoms with Gasteiger partial charge in [-0.2, -0.15) is 3.71 Å². The van der Waals surface area contributed by atoms with E-state index in [9.17, 15) is 21.6 Å². The summed E-state index contributed by atoms with van der Waals surface area (Å²) in [6, 6.07) is 16.9. The van der Waals surface area contributed by atoms with E-state index < -0.39 is 25.7 Å². The first-order valence-corrected chi connectivity index (χ1v) is 12.7. The van der Waals surface area contributed by atoms with Crippen LogP contribution in [-0.2, 0) is 20.0 Å². The van der Waals surface area contributed by atoms with Crippen molar-refractivity contribution in [3.05, 3.63) is 94.3 Å². The topological polar surface area (TPSA) is 128 Å². The van der Waals surface area contributed by atoms with Crippen molar-refractivity contribution in [1.82, 2.24) is 0 Å². The first-order valence-electron chi connectivity index (χ1n) is 9.77. The minimum absolute atomic E-state index is 0.137. The molecule has 0 aliphatic heterocycles. The van der Waals surface area contributed by atoms with Crippen LogP contribution in [0.25, 0.3) is 11.0 Å². The summed E-state index contributed by atoms with van der Waals surface area (Å²) in [6.45, 7) is 3.58. The summed E-state index contributed by atoms with van der Waals surface area (Å²) in [5.41, 5.74) is 6.32. The summed E-state index contributed by atoms with van der Waals surface area (Å²) in [5, 5.41) is 0.271. The van der Waals surface area contributed by atoms with Crippen molar-refractivity contribution >= 4 is 42.4 Å². The third-order valence-electron chi connectivity index (χ3n) is 5.03. The van der Waals surface area contributed by atoms with Gasteiger partial charge in [0.2, 0.25) is 0 Å². The largest absolute Gasteiger partial charge is 0.421 e. The lowest BCUT2D eigenvalue weighted by Gasteiger charge is -2.24. The Kier molecular flexibility index (Phi) is 5.51. The van der Waals surface area contributed by atoms with Crippen molar-refractivity contribution in [1.29, 1.82) is 0 Å². The van der Waals surface area contributed by atoms with E-state index in [2.05, 4.69) is 0 Å². The highest BCUT2D eigenvalue weighted by Gasteiger charge is 2.37. The zero-order chi connectivity index (χ0) is 24.0. The minimum atomic E-state index is -4.55. The zero-order valence-electron chi connectivity index (χ0n) is 17.7. The van der Waals surface area contributed by atoms with Gasteiger partial charge in [-0.05, 0) is 62.4 Å². The van der Waals surface area contributed by atoms with Gasteiger partial charge >= 0.3 is 5.63 Å². The van der Waals surface area contributed by atoms with Crippen molar-refractivity contribution in [2.45, 2.75) is 23.6 Å². The number of hydrogen-bond donors (Lipinski definition) is 1. The molecular weight excluding hydrogens is 464 g/mol. The summed E-state index contributed by atoms with van der Waals surface area (Å²) < 4.78 is 60.0. The Morgan fingerprint density at radius 1 is 0.727 bits per heavy atom. The van der Waals surface area contributed by atoms with E-state index >= 15 is 0 Å². The van der Waals surface area contributed by atoms with Gasteiger partial charge in [-0.15, -0.1) is 0 Å². The first-order chi connectivity index (χ1) is 15.5. The summed E-state index contributed by atoms with van der Waals surface area (Å²) in [4.78, 5) is 11.3. The van der Waals surface area contributed by atoms with Crippen LogP contribution in [0.5, 0.6) is 0 Å². The van der Waals surface area contributed by atoms with E-state index in [1.54, 1.807) is 38.1 Å². The van der Waals surface area contributed by atoms with Crippen molar-refractivity contribution < 1.29 is 21.3 Å². The van der Waals surface area contributed by atoms with Crippen LogP contribution in [-0.4, -0.2) is 16.8 Å². The third kappa shape index (κ3) is 4.10. The number of anilines is 2. The van der Waals surface area contributed by atoms with E-state index in [1.165, 1.54) is 48.5 Å². The lowest BCUT2D eigenvalue weighted by Crippen LogP contribution is -2.37. The highest BCUT2D eigenvalue weighted by Crippen LogP contribution is 2.33. The van der Waals surface area contributed by atoms with E-state index in [1.807, 2.05) is 0 Å². The van der Waals surface area contributed by atoms with Crippen LogP contribution >= 0.6 is 0 Å². The summed E-state index contributed by atoms with van der Waals surface area (Å²) in [7, 11) is -9.10. The van der Waals surface area contributed by atoms with Crippen LogP contribution in [0.3, 0.4) is 0 Å². The molecule has 0 amide bonds. The van der Waals surface area contributed by atoms with Gasteiger partial charge in [0, 0.05) is 5.39 Å². The van der Waals surface area contributed by atoms with Crippen LogP contribution < -0.4 is 15.1 Å². The molecule has 0 atom stereocenters. The van der Waals surface area contributed by atoms with Gasteiger partial charge in [-0.25, -0.2) is 21.6 Å². The fourth-order valence-electron chi connectivity index (χ4n) is 3.26. The summed E-state index contributed by atoms with van der Waals surface area (Å²) in [6.07, 6.45) is 0. The fourth-order valence-corrected chi connectivity index (χ4v) is 6.93. The number of nitrogens with two attached hydrogens (primary N) is 1. The van der Waals surface area contributed by atoms with E-state index in [0.29, 0.717) is 3.71 Å². The minimum Gasteiger partial charge on any atom is -0.421 e. The molecule has 0 spiro atoms. The Balaban J connectivity index is 2.00. The molecule has 170 valence electrons. The smallest absolute Gasteiger partial charge is 0.359 e. The molecule has 4 aromatic rings. The van der Waals surface area contributed by atoms with Crippen molar-refractivity contribution in [2.24, 2.45) is 0 Å². The van der Waals surface area contributed by atoms with Crippen LogP contribution in [0.2, 0.25) is 0 Å². The van der Waals surface area contributed by atoms with Crippen LogP contribution in [0.1, 0.15) is 11.1 Å². The maximum atomic E-state index is 13.6. The molecule has 10 heteroatoms.